The summed E-state index contributed by atoms with van der Waals surface area (Å²) in [6.45, 7) is 1.54. The topological polar surface area (TPSA) is 133 Å². The van der Waals surface area contributed by atoms with Gasteiger partial charge in [0.2, 0.25) is 5.95 Å². The van der Waals surface area contributed by atoms with Crippen molar-refractivity contribution in [2.24, 2.45) is 0 Å². The average molecular weight is 463 g/mol. The number of nitriles is 1. The number of aromatic nitrogens is 3. The predicted octanol–water partition coefficient (Wildman–Crippen LogP) is 2.19. The Kier molecular flexibility index (Phi) is 7.15. The van der Waals surface area contributed by atoms with Crippen molar-refractivity contribution >= 4 is 28.9 Å². The second-order valence-electron chi connectivity index (χ2n) is 8.12. The minimum absolute atomic E-state index is 0.0707. The number of carbonyl (C=O) groups excluding carboxylic acids is 2. The number of amides is 2. The normalized spacial score (nSPS) is 15.4. The Hall–Kier alpha value is -3.81. The molecule has 0 unspecified atom stereocenters. The number of imidazole rings is 1. The van der Waals surface area contributed by atoms with Crippen molar-refractivity contribution in [1.82, 2.24) is 19.4 Å². The van der Waals surface area contributed by atoms with Gasteiger partial charge in [-0.15, -0.1) is 0 Å². The molecule has 3 heterocycles. The van der Waals surface area contributed by atoms with Crippen molar-refractivity contribution in [3.63, 3.8) is 0 Å². The number of hydrogen-bond donors (Lipinski definition) is 2. The molecule has 1 aromatic carbocycles. The maximum Gasteiger partial charge on any atom is 0.258 e. The van der Waals surface area contributed by atoms with Gasteiger partial charge in [-0.3, -0.25) is 19.5 Å². The maximum atomic E-state index is 13.0. The molecule has 0 saturated carbocycles. The Morgan fingerprint density at radius 2 is 2.18 bits per heavy atom. The van der Waals surface area contributed by atoms with Gasteiger partial charge in [0.15, 0.2) is 5.65 Å². The fourth-order valence-corrected chi connectivity index (χ4v) is 4.16. The number of nitrogens with zero attached hydrogens (tertiary/aromatic N) is 5. The van der Waals surface area contributed by atoms with Crippen molar-refractivity contribution in [1.29, 1.82) is 5.26 Å². The minimum atomic E-state index is -0.403. The number of anilines is 1. The van der Waals surface area contributed by atoms with E-state index in [2.05, 4.69) is 15.3 Å². The molecule has 1 atom stereocenters. The molecule has 0 radical (unpaired) electrons. The average Bonchev–Trinajstić information content (AvgIpc) is 3.48. The molecule has 3 aromatic rings. The monoisotopic (exact) mass is 462 g/mol. The summed E-state index contributed by atoms with van der Waals surface area (Å²) in [5.74, 6) is -0.302. The van der Waals surface area contributed by atoms with E-state index in [1.165, 1.54) is 12.3 Å². The summed E-state index contributed by atoms with van der Waals surface area (Å²) in [7, 11) is 1.62. The molecule has 1 aliphatic rings. The standard InChI is InChI=1S/C24H26N6O4/c1-34-10-4-9-30-21-20(12-18(14-26-21)23(33)29-8-3-7-19(29)15-31)27-24(30)28-22(32)17-6-2-5-16(11-17)13-25/h2,5-6,11-12,14,19,31H,3-4,7-10,15H2,1H3,(H,27,28,32)/t19-/m1/s1. The number of hydrogen-bond acceptors (Lipinski definition) is 7. The van der Waals surface area contributed by atoms with Gasteiger partial charge >= 0.3 is 0 Å². The van der Waals surface area contributed by atoms with Gasteiger partial charge in [0.05, 0.1) is 29.8 Å². The first kappa shape index (κ1) is 23.4. The Morgan fingerprint density at radius 1 is 1.32 bits per heavy atom. The molecular weight excluding hydrogens is 436 g/mol. The highest BCUT2D eigenvalue weighted by atomic mass is 16.5. The number of carbonyl (C=O) groups is 2. The highest BCUT2D eigenvalue weighted by molar-refractivity contribution is 6.04. The van der Waals surface area contributed by atoms with E-state index in [4.69, 9.17) is 10.00 Å². The van der Waals surface area contributed by atoms with E-state index in [1.807, 2.05) is 6.07 Å². The van der Waals surface area contributed by atoms with Crippen LogP contribution in [0.1, 0.15) is 45.5 Å². The van der Waals surface area contributed by atoms with Crippen LogP contribution in [0.3, 0.4) is 0 Å². The smallest absolute Gasteiger partial charge is 0.258 e. The fraction of sp³-hybridized carbons (Fsp3) is 0.375. The second-order valence-corrected chi connectivity index (χ2v) is 8.12. The van der Waals surface area contributed by atoms with Crippen LogP contribution in [0.5, 0.6) is 0 Å². The van der Waals surface area contributed by atoms with Gasteiger partial charge in [-0.25, -0.2) is 9.97 Å². The first-order valence-corrected chi connectivity index (χ1v) is 11.1. The molecule has 4 rings (SSSR count). The van der Waals surface area contributed by atoms with E-state index in [-0.39, 0.29) is 18.6 Å². The zero-order chi connectivity index (χ0) is 24.1. The number of aryl methyl sites for hydroxylation is 1. The van der Waals surface area contributed by atoms with Gasteiger partial charge in [-0.05, 0) is 43.5 Å². The second kappa shape index (κ2) is 10.4. The van der Waals surface area contributed by atoms with Crippen LogP contribution in [0.25, 0.3) is 11.2 Å². The molecular formula is C24H26N6O4. The van der Waals surface area contributed by atoms with Crippen LogP contribution in [0.15, 0.2) is 36.5 Å². The van der Waals surface area contributed by atoms with Crippen LogP contribution in [0.2, 0.25) is 0 Å². The molecule has 1 saturated heterocycles. The largest absolute Gasteiger partial charge is 0.394 e. The van der Waals surface area contributed by atoms with Gasteiger partial charge in [0.1, 0.15) is 5.52 Å². The van der Waals surface area contributed by atoms with Crippen molar-refractivity contribution < 1.29 is 19.4 Å². The summed E-state index contributed by atoms with van der Waals surface area (Å²) < 4.78 is 6.93. The molecule has 176 valence electrons. The van der Waals surface area contributed by atoms with E-state index in [0.717, 1.165) is 12.8 Å². The summed E-state index contributed by atoms with van der Waals surface area (Å²) in [5.41, 5.74) is 2.11. The lowest BCUT2D eigenvalue weighted by Crippen LogP contribution is -2.37. The number of benzene rings is 1. The molecule has 0 spiro atoms. The third kappa shape index (κ3) is 4.76. The van der Waals surface area contributed by atoms with Gasteiger partial charge in [-0.1, -0.05) is 6.07 Å². The molecule has 1 fully saturated rings. The quantitative estimate of drug-likeness (QED) is 0.490. The van der Waals surface area contributed by atoms with Crippen LogP contribution in [-0.4, -0.2) is 69.3 Å². The van der Waals surface area contributed by atoms with Crippen LogP contribution < -0.4 is 5.32 Å². The predicted molar refractivity (Wildman–Crippen MR) is 124 cm³/mol. The summed E-state index contributed by atoms with van der Waals surface area (Å²) in [4.78, 5) is 36.6. The molecule has 1 aliphatic heterocycles. The third-order valence-corrected chi connectivity index (χ3v) is 5.89. The van der Waals surface area contributed by atoms with Crippen LogP contribution in [-0.2, 0) is 11.3 Å². The molecule has 0 bridgehead atoms. The summed E-state index contributed by atoms with van der Waals surface area (Å²) in [6, 6.07) is 9.90. The minimum Gasteiger partial charge on any atom is -0.394 e. The molecule has 10 nitrogen and oxygen atoms in total. The van der Waals surface area contributed by atoms with Crippen LogP contribution >= 0.6 is 0 Å². The molecule has 34 heavy (non-hydrogen) atoms. The van der Waals surface area contributed by atoms with E-state index in [9.17, 15) is 14.7 Å². The molecule has 2 amide bonds. The third-order valence-electron chi connectivity index (χ3n) is 5.89. The van der Waals surface area contributed by atoms with Gasteiger partial charge in [0, 0.05) is 38.6 Å². The lowest BCUT2D eigenvalue weighted by atomic mass is 10.1. The molecule has 0 aliphatic carbocycles. The van der Waals surface area contributed by atoms with Crippen molar-refractivity contribution in [3.8, 4) is 6.07 Å². The Morgan fingerprint density at radius 3 is 2.94 bits per heavy atom. The summed E-state index contributed by atoms with van der Waals surface area (Å²) >= 11 is 0. The van der Waals surface area contributed by atoms with Crippen LogP contribution in [0, 0.1) is 11.3 Å². The van der Waals surface area contributed by atoms with E-state index in [0.29, 0.717) is 59.9 Å². The van der Waals surface area contributed by atoms with Crippen molar-refractivity contribution in [2.45, 2.75) is 31.8 Å². The van der Waals surface area contributed by atoms with Gasteiger partial charge < -0.3 is 14.7 Å². The molecule has 2 N–H and O–H groups in total. The summed E-state index contributed by atoms with van der Waals surface area (Å²) in [5, 5.41) is 21.5. The number of rotatable bonds is 8. The highest BCUT2D eigenvalue weighted by Crippen LogP contribution is 2.24. The Labute approximate surface area is 196 Å². The van der Waals surface area contributed by atoms with Crippen LogP contribution in [0.4, 0.5) is 5.95 Å². The number of likely N-dealkylation sites (tertiary alicyclic amines) is 1. The van der Waals surface area contributed by atoms with Crippen molar-refractivity contribution in [2.75, 3.05) is 32.2 Å². The van der Waals surface area contributed by atoms with Gasteiger partial charge in [-0.2, -0.15) is 5.26 Å². The lowest BCUT2D eigenvalue weighted by Gasteiger charge is -2.22. The van der Waals surface area contributed by atoms with E-state index in [1.54, 1.807) is 40.8 Å². The first-order valence-electron chi connectivity index (χ1n) is 11.1. The Balaban J connectivity index is 1.65. The van der Waals surface area contributed by atoms with Gasteiger partial charge in [0.25, 0.3) is 11.8 Å². The lowest BCUT2D eigenvalue weighted by molar-refractivity contribution is 0.0677. The number of aliphatic hydroxyl groups is 1. The fourth-order valence-electron chi connectivity index (χ4n) is 4.16. The summed E-state index contributed by atoms with van der Waals surface area (Å²) in [6.07, 6.45) is 3.80. The zero-order valence-electron chi connectivity index (χ0n) is 18.9. The number of pyridine rings is 1. The Bertz CT molecular complexity index is 1250. The number of ether oxygens (including phenoxy) is 1. The van der Waals surface area contributed by atoms with E-state index >= 15 is 0 Å². The number of fused-ring (bicyclic) bond motifs is 1. The first-order chi connectivity index (χ1) is 16.5. The number of methoxy groups -OCH3 is 1. The van der Waals surface area contributed by atoms with Crippen molar-refractivity contribution in [3.05, 3.63) is 53.2 Å². The highest BCUT2D eigenvalue weighted by Gasteiger charge is 2.29. The molecule has 10 heteroatoms. The molecule has 2 aromatic heterocycles. The SMILES string of the molecule is COCCCn1c(NC(=O)c2cccc(C#N)c2)nc2cc(C(=O)N3CCC[C@@H]3CO)cnc21. The maximum absolute atomic E-state index is 13.0. The zero-order valence-corrected chi connectivity index (χ0v) is 18.9. The number of aliphatic hydroxyl groups excluding tert-OH is 1. The van der Waals surface area contributed by atoms with E-state index < -0.39 is 5.91 Å². The number of nitrogens with one attached hydrogen (secondary N) is 1.